The van der Waals surface area contributed by atoms with E-state index in [-0.39, 0.29) is 17.6 Å². The zero-order chi connectivity index (χ0) is 24.5. The van der Waals surface area contributed by atoms with Gasteiger partial charge in [0.25, 0.3) is 0 Å². The number of ether oxygens (including phenoxy) is 1. The zero-order valence-electron chi connectivity index (χ0n) is 19.2. The van der Waals surface area contributed by atoms with Gasteiger partial charge in [-0.1, -0.05) is 23.4 Å². The van der Waals surface area contributed by atoms with Gasteiger partial charge in [0.15, 0.2) is 16.7 Å². The van der Waals surface area contributed by atoms with Crippen molar-refractivity contribution in [3.8, 4) is 11.6 Å². The highest BCUT2D eigenvalue weighted by molar-refractivity contribution is 7.99. The van der Waals surface area contributed by atoms with Gasteiger partial charge in [0.1, 0.15) is 10.6 Å². The summed E-state index contributed by atoms with van der Waals surface area (Å²) in [4.78, 5) is 26.6. The van der Waals surface area contributed by atoms with Crippen molar-refractivity contribution in [2.24, 2.45) is 7.05 Å². The molecule has 1 N–H and O–H groups in total. The second kappa shape index (κ2) is 10.0. The van der Waals surface area contributed by atoms with Gasteiger partial charge in [-0.15, -0.1) is 21.5 Å². The molecule has 0 radical (unpaired) electrons. The Morgan fingerprint density at radius 2 is 2.09 bits per heavy atom. The Bertz CT molecular complexity index is 1420. The lowest BCUT2D eigenvalue weighted by Crippen LogP contribution is -2.17. The molecule has 0 fully saturated rings. The van der Waals surface area contributed by atoms with E-state index in [2.05, 4.69) is 15.5 Å². The number of aryl methyl sites for hydroxylation is 1. The van der Waals surface area contributed by atoms with E-state index in [9.17, 15) is 9.59 Å². The number of hydrogen-bond acceptors (Lipinski definition) is 8. The Labute approximate surface area is 215 Å². The number of halogens is 1. The number of benzene rings is 1. The second-order valence-corrected chi connectivity index (χ2v) is 10.6. The summed E-state index contributed by atoms with van der Waals surface area (Å²) in [6, 6.07) is 7.27. The number of rotatable bonds is 7. The van der Waals surface area contributed by atoms with Crippen LogP contribution in [0.4, 0.5) is 5.00 Å². The fourth-order valence-electron chi connectivity index (χ4n) is 4.15. The van der Waals surface area contributed by atoms with Crippen LogP contribution >= 0.6 is 34.7 Å². The highest BCUT2D eigenvalue weighted by atomic mass is 35.5. The number of thioether (sulfide) groups is 1. The van der Waals surface area contributed by atoms with E-state index >= 15 is 0 Å². The maximum Gasteiger partial charge on any atom is 0.341 e. The molecule has 0 aliphatic heterocycles. The molecule has 5 rings (SSSR count). The Morgan fingerprint density at radius 3 is 2.91 bits per heavy atom. The van der Waals surface area contributed by atoms with E-state index in [4.69, 9.17) is 20.8 Å². The number of aromatic nitrogens is 3. The minimum absolute atomic E-state index is 0.118. The maximum atomic E-state index is 12.8. The minimum atomic E-state index is -0.375. The van der Waals surface area contributed by atoms with Crippen LogP contribution in [0.25, 0.3) is 22.6 Å². The SMILES string of the molecule is CCOC(=O)c1c(NC(=O)CSc2nnc(-c3cc4cc(Cl)ccc4o3)n2C)sc2c1CCCC2. The number of carbonyl (C=O) groups is 2. The fraction of sp³-hybridized carbons (Fsp3) is 0.333. The fourth-order valence-corrected chi connectivity index (χ4v) is 6.33. The molecule has 1 amide bonds. The Kier molecular flexibility index (Phi) is 6.86. The summed E-state index contributed by atoms with van der Waals surface area (Å²) in [5, 5.41) is 14.0. The first kappa shape index (κ1) is 23.9. The van der Waals surface area contributed by atoms with Crippen molar-refractivity contribution in [3.63, 3.8) is 0 Å². The van der Waals surface area contributed by atoms with Crippen LogP contribution in [0.15, 0.2) is 33.8 Å². The van der Waals surface area contributed by atoms with Crippen molar-refractivity contribution in [2.75, 3.05) is 17.7 Å². The first-order valence-electron chi connectivity index (χ1n) is 11.3. The third-order valence-electron chi connectivity index (χ3n) is 5.77. The lowest BCUT2D eigenvalue weighted by Gasteiger charge is -2.12. The van der Waals surface area contributed by atoms with Gasteiger partial charge in [0.2, 0.25) is 5.91 Å². The highest BCUT2D eigenvalue weighted by Crippen LogP contribution is 2.39. The van der Waals surface area contributed by atoms with E-state index in [0.29, 0.717) is 44.5 Å². The normalized spacial score (nSPS) is 13.1. The largest absolute Gasteiger partial charge is 0.462 e. The topological polar surface area (TPSA) is 99.2 Å². The van der Waals surface area contributed by atoms with Crippen molar-refractivity contribution >= 4 is 62.5 Å². The molecule has 4 aromatic rings. The molecule has 0 saturated carbocycles. The van der Waals surface area contributed by atoms with Crippen molar-refractivity contribution in [2.45, 2.75) is 37.8 Å². The third-order valence-corrected chi connectivity index (χ3v) is 8.23. The molecule has 8 nitrogen and oxygen atoms in total. The maximum absolute atomic E-state index is 12.8. The molecule has 0 bridgehead atoms. The standard InChI is InChI=1S/C24H23ClN4O4S2/c1-3-32-23(31)20-15-6-4-5-7-18(15)35-22(20)26-19(30)12-34-24-28-27-21(29(24)2)17-11-13-10-14(25)8-9-16(13)33-17/h8-11H,3-7,12H2,1-2H3,(H,26,30). The molecule has 0 saturated heterocycles. The number of furan rings is 1. The van der Waals surface area contributed by atoms with Crippen LogP contribution in [0.5, 0.6) is 0 Å². The summed E-state index contributed by atoms with van der Waals surface area (Å²) in [5.41, 5.74) is 2.24. The van der Waals surface area contributed by atoms with Gasteiger partial charge in [-0.05, 0) is 62.4 Å². The molecule has 11 heteroatoms. The summed E-state index contributed by atoms with van der Waals surface area (Å²) < 4.78 is 12.9. The van der Waals surface area contributed by atoms with Gasteiger partial charge in [-0.3, -0.25) is 4.79 Å². The highest BCUT2D eigenvalue weighted by Gasteiger charge is 2.27. The molecular formula is C24H23ClN4O4S2. The summed E-state index contributed by atoms with van der Waals surface area (Å²) >= 11 is 8.81. The number of nitrogens with one attached hydrogen (secondary N) is 1. The molecule has 0 atom stereocenters. The molecule has 3 heterocycles. The van der Waals surface area contributed by atoms with Crippen LogP contribution in [0, 0.1) is 0 Å². The molecule has 3 aromatic heterocycles. The number of esters is 1. The first-order valence-corrected chi connectivity index (χ1v) is 13.5. The number of fused-ring (bicyclic) bond motifs is 2. The molecule has 0 unspecified atom stereocenters. The molecular weight excluding hydrogens is 508 g/mol. The molecule has 0 spiro atoms. The van der Waals surface area contributed by atoms with Crippen molar-refractivity contribution in [1.82, 2.24) is 14.8 Å². The number of amides is 1. The van der Waals surface area contributed by atoms with E-state index in [1.54, 1.807) is 17.6 Å². The van der Waals surface area contributed by atoms with E-state index in [0.717, 1.165) is 41.5 Å². The van der Waals surface area contributed by atoms with Gasteiger partial charge in [0.05, 0.1) is 17.9 Å². The van der Waals surface area contributed by atoms with Crippen LogP contribution in [0.2, 0.25) is 5.02 Å². The van der Waals surface area contributed by atoms with Gasteiger partial charge >= 0.3 is 5.97 Å². The van der Waals surface area contributed by atoms with Crippen LogP contribution < -0.4 is 5.32 Å². The zero-order valence-corrected chi connectivity index (χ0v) is 21.6. The smallest absolute Gasteiger partial charge is 0.341 e. The lowest BCUT2D eigenvalue weighted by molar-refractivity contribution is -0.113. The molecule has 1 aromatic carbocycles. The van der Waals surface area contributed by atoms with E-state index < -0.39 is 0 Å². The predicted octanol–water partition coefficient (Wildman–Crippen LogP) is 5.73. The van der Waals surface area contributed by atoms with Gasteiger partial charge < -0.3 is 19.0 Å². The molecule has 182 valence electrons. The van der Waals surface area contributed by atoms with Gasteiger partial charge in [-0.25, -0.2) is 4.79 Å². The number of nitrogens with zero attached hydrogens (tertiary/aromatic N) is 3. The number of hydrogen-bond donors (Lipinski definition) is 1. The van der Waals surface area contributed by atoms with Crippen LogP contribution in [-0.2, 0) is 29.4 Å². The number of carbonyl (C=O) groups excluding carboxylic acids is 2. The summed E-state index contributed by atoms with van der Waals surface area (Å²) in [7, 11) is 1.82. The van der Waals surface area contributed by atoms with Crippen molar-refractivity contribution < 1.29 is 18.7 Å². The lowest BCUT2D eigenvalue weighted by atomic mass is 9.95. The van der Waals surface area contributed by atoms with Crippen LogP contribution in [0.1, 0.15) is 40.6 Å². The number of anilines is 1. The van der Waals surface area contributed by atoms with Crippen molar-refractivity contribution in [1.29, 1.82) is 0 Å². The minimum Gasteiger partial charge on any atom is -0.462 e. The Hall–Kier alpha value is -2.82. The van der Waals surface area contributed by atoms with E-state index in [1.807, 2.05) is 25.2 Å². The van der Waals surface area contributed by atoms with E-state index in [1.165, 1.54) is 23.1 Å². The first-order chi connectivity index (χ1) is 16.9. The van der Waals surface area contributed by atoms with Gasteiger partial charge in [0, 0.05) is 22.3 Å². The molecule has 1 aliphatic carbocycles. The molecule has 1 aliphatic rings. The Balaban J connectivity index is 1.29. The summed E-state index contributed by atoms with van der Waals surface area (Å²) in [5.74, 6) is 0.640. The molecule has 35 heavy (non-hydrogen) atoms. The quantitative estimate of drug-likeness (QED) is 0.240. The van der Waals surface area contributed by atoms with Crippen LogP contribution in [-0.4, -0.2) is 39.0 Å². The van der Waals surface area contributed by atoms with Gasteiger partial charge in [-0.2, -0.15) is 0 Å². The summed E-state index contributed by atoms with van der Waals surface area (Å²) in [6.45, 7) is 2.07. The van der Waals surface area contributed by atoms with Crippen LogP contribution in [0.3, 0.4) is 0 Å². The monoisotopic (exact) mass is 530 g/mol. The Morgan fingerprint density at radius 1 is 1.26 bits per heavy atom. The van der Waals surface area contributed by atoms with Crippen molar-refractivity contribution in [3.05, 3.63) is 45.3 Å². The average molecular weight is 531 g/mol. The summed E-state index contributed by atoms with van der Waals surface area (Å²) in [6.07, 6.45) is 3.88. The third kappa shape index (κ3) is 4.82. The second-order valence-electron chi connectivity index (χ2n) is 8.13. The number of thiophene rings is 1. The average Bonchev–Trinajstić information content (AvgIpc) is 3.51. The predicted molar refractivity (Wildman–Crippen MR) is 137 cm³/mol.